The zero-order valence-electron chi connectivity index (χ0n) is 33.2. The number of esters is 1. The molecule has 0 amide bonds. The molecule has 0 saturated carbocycles. The third kappa shape index (κ3) is 11.2. The van der Waals surface area contributed by atoms with Crippen LogP contribution in [-0.4, -0.2) is 33.9 Å². The lowest BCUT2D eigenvalue weighted by molar-refractivity contribution is -0.169. The van der Waals surface area contributed by atoms with Crippen molar-refractivity contribution in [3.05, 3.63) is 57.6 Å². The molecule has 0 aliphatic heterocycles. The van der Waals surface area contributed by atoms with Crippen molar-refractivity contribution in [3.63, 3.8) is 0 Å². The molecule has 0 aliphatic carbocycles. The van der Waals surface area contributed by atoms with Gasteiger partial charge in [-0.3, -0.25) is 9.59 Å². The summed E-state index contributed by atoms with van der Waals surface area (Å²) in [7, 11) is 0. The number of carbonyl (C=O) groups is 2. The van der Waals surface area contributed by atoms with Gasteiger partial charge in [0.1, 0.15) is 11.5 Å². The Bertz CT molecular complexity index is 1340. The van der Waals surface area contributed by atoms with Crippen LogP contribution in [0.2, 0.25) is 0 Å². The molecule has 0 heterocycles. The van der Waals surface area contributed by atoms with Gasteiger partial charge in [-0.2, -0.15) is 0 Å². The first-order valence-corrected chi connectivity index (χ1v) is 18.5. The van der Waals surface area contributed by atoms with E-state index in [-0.39, 0.29) is 41.8 Å². The van der Waals surface area contributed by atoms with Crippen molar-refractivity contribution in [2.24, 2.45) is 5.41 Å². The molecule has 0 spiro atoms. The molecule has 2 aromatic rings. The molecule has 0 radical (unpaired) electrons. The molecule has 2 rings (SSSR count). The molecule has 6 nitrogen and oxygen atoms in total. The Morgan fingerprint density at radius 1 is 0.571 bits per heavy atom. The van der Waals surface area contributed by atoms with Gasteiger partial charge in [0.05, 0.1) is 6.61 Å². The average Bonchev–Trinajstić information content (AvgIpc) is 2.95. The summed E-state index contributed by atoms with van der Waals surface area (Å²) in [4.78, 5) is 27.9. The molecule has 276 valence electrons. The van der Waals surface area contributed by atoms with E-state index in [1.54, 1.807) is 0 Å². The summed E-state index contributed by atoms with van der Waals surface area (Å²) in [5, 5.41) is 34.5. The molecule has 3 N–H and O–H groups in total. The van der Waals surface area contributed by atoms with Crippen LogP contribution in [0.1, 0.15) is 175 Å². The Hall–Kier alpha value is -3.02. The topological polar surface area (TPSA) is 104 Å². The van der Waals surface area contributed by atoms with E-state index in [1.807, 2.05) is 65.8 Å². The summed E-state index contributed by atoms with van der Waals surface area (Å²) in [5.74, 6) is -2.21. The first-order valence-electron chi connectivity index (χ1n) is 18.5. The van der Waals surface area contributed by atoms with Crippen LogP contribution in [-0.2, 0) is 48.8 Å². The Labute approximate surface area is 298 Å². The predicted octanol–water partition coefficient (Wildman–Crippen LogP) is 10.8. The van der Waals surface area contributed by atoms with Crippen molar-refractivity contribution in [1.82, 2.24) is 0 Å². The number of hydrogen-bond donors (Lipinski definition) is 3. The minimum absolute atomic E-state index is 0.00922. The zero-order valence-corrected chi connectivity index (χ0v) is 33.2. The minimum atomic E-state index is -2.10. The monoisotopic (exact) mass is 681 g/mol. The van der Waals surface area contributed by atoms with Crippen molar-refractivity contribution in [1.29, 1.82) is 0 Å². The molecule has 0 atom stereocenters. The number of aliphatic carboxylic acids is 1. The molecule has 0 aromatic heterocycles. The Kier molecular flexibility index (Phi) is 14.1. The summed E-state index contributed by atoms with van der Waals surface area (Å²) in [5.41, 5.74) is 0.425. The van der Waals surface area contributed by atoms with Crippen molar-refractivity contribution in [2.75, 3.05) is 6.61 Å². The van der Waals surface area contributed by atoms with E-state index in [4.69, 9.17) is 4.74 Å². The first kappa shape index (κ1) is 42.1. The van der Waals surface area contributed by atoms with Crippen molar-refractivity contribution >= 4 is 11.9 Å². The first-order chi connectivity index (χ1) is 22.4. The van der Waals surface area contributed by atoms with Crippen molar-refractivity contribution < 1.29 is 29.6 Å². The fourth-order valence-electron chi connectivity index (χ4n) is 6.30. The van der Waals surface area contributed by atoms with Crippen LogP contribution >= 0.6 is 0 Å². The highest BCUT2D eigenvalue weighted by atomic mass is 16.5. The molecule has 0 unspecified atom stereocenters. The number of carboxylic acids is 1. The van der Waals surface area contributed by atoms with E-state index >= 15 is 0 Å². The number of carbonyl (C=O) groups excluding carboxylic acids is 1. The molecular weight excluding hydrogens is 612 g/mol. The van der Waals surface area contributed by atoms with Gasteiger partial charge in [-0.15, -0.1) is 0 Å². The van der Waals surface area contributed by atoms with Crippen LogP contribution in [0.3, 0.4) is 0 Å². The maximum absolute atomic E-state index is 14.3. The third-order valence-corrected chi connectivity index (χ3v) is 9.74. The molecule has 0 aliphatic rings. The van der Waals surface area contributed by atoms with E-state index < -0.39 is 28.2 Å². The van der Waals surface area contributed by atoms with E-state index in [0.717, 1.165) is 30.4 Å². The second-order valence-electron chi connectivity index (χ2n) is 18.4. The number of hydrogen-bond acceptors (Lipinski definition) is 5. The number of ether oxygens (including phenoxy) is 1. The summed E-state index contributed by atoms with van der Waals surface area (Å²) < 4.78 is 5.85. The maximum Gasteiger partial charge on any atom is 0.324 e. The van der Waals surface area contributed by atoms with Gasteiger partial charge in [-0.1, -0.05) is 159 Å². The number of unbranched alkanes of at least 4 members (excludes halogenated alkanes) is 7. The molecule has 0 fully saturated rings. The fraction of sp³-hybridized carbons (Fsp3) is 0.674. The standard InChI is InChI=1S/C43H68O6/c1-14-15-16-17-18-19-20-21-22-49-38(48)43(37(46)47,27-29-23-31(39(2,3)4)25-33(35(29)44)41(8,9)10)28-30-24-32(40(5,6)7)26-34(36(30)45)42(11,12)13/h23-26,44-45H,14-22,27-28H2,1-13H3,(H,46,47). The SMILES string of the molecule is CCCCCCCCCCOC(=O)C(Cc1cc(C(C)(C)C)cc(C(C)(C)C)c1O)(Cc1cc(C(C)(C)C)cc(C(C)(C)C)c1O)C(=O)O. The Morgan fingerprint density at radius 2 is 0.939 bits per heavy atom. The summed E-state index contributed by atoms with van der Waals surface area (Å²) >= 11 is 0. The molecule has 0 saturated heterocycles. The number of carboxylic acid groups (broad SMARTS) is 1. The van der Waals surface area contributed by atoms with Gasteiger partial charge in [-0.25, -0.2) is 0 Å². The molecule has 0 bridgehead atoms. The van der Waals surface area contributed by atoms with E-state index in [1.165, 1.54) is 25.7 Å². The van der Waals surface area contributed by atoms with Gasteiger partial charge in [0.15, 0.2) is 5.41 Å². The number of phenols is 2. The van der Waals surface area contributed by atoms with Crippen LogP contribution in [0.4, 0.5) is 0 Å². The lowest BCUT2D eigenvalue weighted by atomic mass is 9.71. The second-order valence-corrected chi connectivity index (χ2v) is 18.4. The smallest absolute Gasteiger partial charge is 0.324 e. The van der Waals surface area contributed by atoms with E-state index in [9.17, 15) is 24.9 Å². The van der Waals surface area contributed by atoms with Crippen LogP contribution < -0.4 is 0 Å². The van der Waals surface area contributed by atoms with E-state index in [0.29, 0.717) is 28.7 Å². The van der Waals surface area contributed by atoms with E-state index in [2.05, 4.69) is 48.5 Å². The molecule has 2 aromatic carbocycles. The summed E-state index contributed by atoms with van der Waals surface area (Å²) in [6.07, 6.45) is 7.99. The second kappa shape index (κ2) is 16.3. The third-order valence-electron chi connectivity index (χ3n) is 9.74. The number of aromatic hydroxyl groups is 2. The Balaban J connectivity index is 2.73. The van der Waals surface area contributed by atoms with Gasteiger partial charge < -0.3 is 20.1 Å². The zero-order chi connectivity index (χ0) is 37.6. The summed E-state index contributed by atoms with van der Waals surface area (Å²) in [6, 6.07) is 7.63. The number of phenolic OH excluding ortho intramolecular Hbond substituents is 2. The van der Waals surface area contributed by atoms with Gasteiger partial charge in [0.25, 0.3) is 0 Å². The van der Waals surface area contributed by atoms with Crippen LogP contribution in [0.5, 0.6) is 11.5 Å². The number of benzene rings is 2. The van der Waals surface area contributed by atoms with Gasteiger partial charge in [-0.05, 0) is 61.5 Å². The van der Waals surface area contributed by atoms with Crippen molar-refractivity contribution in [3.8, 4) is 11.5 Å². The minimum Gasteiger partial charge on any atom is -0.507 e. The van der Waals surface area contributed by atoms with Gasteiger partial charge >= 0.3 is 11.9 Å². The van der Waals surface area contributed by atoms with Crippen LogP contribution in [0.15, 0.2) is 24.3 Å². The van der Waals surface area contributed by atoms with Crippen LogP contribution in [0.25, 0.3) is 0 Å². The van der Waals surface area contributed by atoms with Crippen molar-refractivity contribution in [2.45, 2.75) is 176 Å². The van der Waals surface area contributed by atoms with Gasteiger partial charge in [0, 0.05) is 12.8 Å². The average molecular weight is 681 g/mol. The molecular formula is C43H68O6. The lowest BCUT2D eigenvalue weighted by Crippen LogP contribution is -2.45. The van der Waals surface area contributed by atoms with Crippen LogP contribution in [0, 0.1) is 5.41 Å². The predicted molar refractivity (Wildman–Crippen MR) is 202 cm³/mol. The highest BCUT2D eigenvalue weighted by Crippen LogP contribution is 2.44. The highest BCUT2D eigenvalue weighted by Gasteiger charge is 2.50. The lowest BCUT2D eigenvalue weighted by Gasteiger charge is -2.33. The fourth-order valence-corrected chi connectivity index (χ4v) is 6.30. The maximum atomic E-state index is 14.3. The number of rotatable bonds is 15. The Morgan fingerprint density at radius 3 is 1.27 bits per heavy atom. The summed E-state index contributed by atoms with van der Waals surface area (Å²) in [6.45, 7) is 26.8. The molecule has 49 heavy (non-hydrogen) atoms. The highest BCUT2D eigenvalue weighted by molar-refractivity contribution is 6.00. The molecule has 6 heteroatoms. The normalized spacial score (nSPS) is 13.1. The quantitative estimate of drug-likeness (QED) is 0.0982. The largest absolute Gasteiger partial charge is 0.507 e. The van der Waals surface area contributed by atoms with Gasteiger partial charge in [0.2, 0.25) is 0 Å².